The van der Waals surface area contributed by atoms with Crippen LogP contribution in [0.2, 0.25) is 0 Å². The predicted molar refractivity (Wildman–Crippen MR) is 74.3 cm³/mol. The molecule has 20 heavy (non-hydrogen) atoms. The Morgan fingerprint density at radius 1 is 1.15 bits per heavy atom. The van der Waals surface area contributed by atoms with E-state index in [0.29, 0.717) is 24.1 Å². The Morgan fingerprint density at radius 3 is 2.55 bits per heavy atom. The van der Waals surface area contributed by atoms with E-state index in [4.69, 9.17) is 0 Å². The zero-order valence-corrected chi connectivity index (χ0v) is 11.8. The zero-order valence-electron chi connectivity index (χ0n) is 11.8. The molecule has 2 rings (SSSR count). The molecular formula is C16H22F3N. The second-order valence-corrected chi connectivity index (χ2v) is 5.60. The quantitative estimate of drug-likeness (QED) is 0.840. The lowest BCUT2D eigenvalue weighted by atomic mass is 9.83. The summed E-state index contributed by atoms with van der Waals surface area (Å²) in [6.07, 6.45) is 1.51. The molecule has 0 aliphatic heterocycles. The molecule has 112 valence electrons. The Labute approximate surface area is 118 Å². The topological polar surface area (TPSA) is 12.0 Å². The minimum absolute atomic E-state index is 0.302. The Hall–Kier alpha value is -1.03. The van der Waals surface area contributed by atoms with Crippen molar-refractivity contribution in [3.05, 3.63) is 35.4 Å². The third-order valence-corrected chi connectivity index (χ3v) is 4.31. The molecule has 0 heterocycles. The highest BCUT2D eigenvalue weighted by Crippen LogP contribution is 2.32. The van der Waals surface area contributed by atoms with Crippen LogP contribution in [0.1, 0.15) is 50.2 Å². The van der Waals surface area contributed by atoms with Gasteiger partial charge in [0.15, 0.2) is 0 Å². The molecule has 1 nitrogen and oxygen atoms in total. The van der Waals surface area contributed by atoms with Gasteiger partial charge in [0.25, 0.3) is 0 Å². The maximum Gasteiger partial charge on any atom is 0.416 e. The van der Waals surface area contributed by atoms with E-state index in [9.17, 15) is 13.2 Å². The number of halogens is 3. The van der Waals surface area contributed by atoms with Gasteiger partial charge in [0.1, 0.15) is 0 Å². The second kappa shape index (κ2) is 6.61. The van der Waals surface area contributed by atoms with Crippen LogP contribution in [0.3, 0.4) is 0 Å². The van der Waals surface area contributed by atoms with Crippen LogP contribution in [-0.2, 0) is 12.7 Å². The summed E-state index contributed by atoms with van der Waals surface area (Å²) in [7, 11) is 0. The Bertz CT molecular complexity index is 428. The van der Waals surface area contributed by atoms with Gasteiger partial charge in [-0.25, -0.2) is 0 Å². The molecule has 0 saturated heterocycles. The first-order chi connectivity index (χ1) is 9.52. The van der Waals surface area contributed by atoms with Gasteiger partial charge in [0, 0.05) is 12.6 Å². The summed E-state index contributed by atoms with van der Waals surface area (Å²) in [5, 5.41) is 3.35. The lowest BCUT2D eigenvalue weighted by Gasteiger charge is -2.32. The van der Waals surface area contributed by atoms with Gasteiger partial charge in [-0.2, -0.15) is 13.2 Å². The largest absolute Gasteiger partial charge is 0.416 e. The first kappa shape index (κ1) is 15.4. The fourth-order valence-electron chi connectivity index (χ4n) is 3.16. The molecule has 1 saturated carbocycles. The van der Waals surface area contributed by atoms with Crippen LogP contribution in [0.15, 0.2) is 24.3 Å². The average Bonchev–Trinajstić information content (AvgIpc) is 2.44. The summed E-state index contributed by atoms with van der Waals surface area (Å²) in [4.78, 5) is 0. The minimum Gasteiger partial charge on any atom is -0.310 e. The van der Waals surface area contributed by atoms with Gasteiger partial charge in [-0.3, -0.25) is 0 Å². The van der Waals surface area contributed by atoms with E-state index in [0.717, 1.165) is 18.9 Å². The Kier molecular flexibility index (Phi) is 5.08. The molecule has 1 aromatic carbocycles. The number of alkyl halides is 3. The van der Waals surface area contributed by atoms with Crippen LogP contribution < -0.4 is 5.32 Å². The summed E-state index contributed by atoms with van der Waals surface area (Å²) < 4.78 is 38.8. The van der Waals surface area contributed by atoms with Gasteiger partial charge >= 0.3 is 6.18 Å². The maximum atomic E-state index is 12.9. The molecule has 0 aromatic heterocycles. The molecule has 0 bridgehead atoms. The molecular weight excluding hydrogens is 263 g/mol. The average molecular weight is 285 g/mol. The maximum absolute atomic E-state index is 12.9. The van der Waals surface area contributed by atoms with Crippen molar-refractivity contribution in [2.45, 2.75) is 57.8 Å². The van der Waals surface area contributed by atoms with E-state index < -0.39 is 11.7 Å². The zero-order chi connectivity index (χ0) is 14.6. The van der Waals surface area contributed by atoms with E-state index in [2.05, 4.69) is 12.2 Å². The van der Waals surface area contributed by atoms with Gasteiger partial charge in [-0.05, 0) is 30.4 Å². The molecule has 1 fully saturated rings. The molecule has 1 aliphatic carbocycles. The lowest BCUT2D eigenvalue weighted by molar-refractivity contribution is -0.138. The smallest absolute Gasteiger partial charge is 0.310 e. The number of benzene rings is 1. The first-order valence-electron chi connectivity index (χ1n) is 7.41. The van der Waals surface area contributed by atoms with Gasteiger partial charge in [0.2, 0.25) is 0 Å². The monoisotopic (exact) mass is 285 g/mol. The standard InChI is InChI=1S/C16H22F3N/c1-2-12-7-4-6-10-15(12)20-11-13-8-3-5-9-14(13)16(17,18)19/h3,5,8-9,12,15,20H,2,4,6-7,10-11H2,1H3. The number of nitrogens with one attached hydrogen (secondary N) is 1. The van der Waals surface area contributed by atoms with Crippen LogP contribution in [0, 0.1) is 5.92 Å². The van der Waals surface area contributed by atoms with Crippen molar-refractivity contribution < 1.29 is 13.2 Å². The van der Waals surface area contributed by atoms with Crippen molar-refractivity contribution in [3.63, 3.8) is 0 Å². The SMILES string of the molecule is CCC1CCCCC1NCc1ccccc1C(F)(F)F. The lowest BCUT2D eigenvalue weighted by Crippen LogP contribution is -2.38. The number of rotatable bonds is 4. The van der Waals surface area contributed by atoms with Gasteiger partial charge in [-0.1, -0.05) is 44.4 Å². The highest BCUT2D eigenvalue weighted by Gasteiger charge is 2.33. The molecule has 1 aromatic rings. The summed E-state index contributed by atoms with van der Waals surface area (Å²) in [6, 6.07) is 6.20. The molecule has 2 atom stereocenters. The molecule has 0 radical (unpaired) electrons. The van der Waals surface area contributed by atoms with Gasteiger partial charge in [0.05, 0.1) is 5.56 Å². The fourth-order valence-corrected chi connectivity index (χ4v) is 3.16. The third-order valence-electron chi connectivity index (χ3n) is 4.31. The van der Waals surface area contributed by atoms with Crippen molar-refractivity contribution in [3.8, 4) is 0 Å². The van der Waals surface area contributed by atoms with E-state index in [-0.39, 0.29) is 0 Å². The van der Waals surface area contributed by atoms with Gasteiger partial charge in [-0.15, -0.1) is 0 Å². The summed E-state index contributed by atoms with van der Waals surface area (Å²) in [6.45, 7) is 2.46. The molecule has 2 unspecified atom stereocenters. The summed E-state index contributed by atoms with van der Waals surface area (Å²) in [5.41, 5.74) is -0.170. The van der Waals surface area contributed by atoms with Crippen LogP contribution in [-0.4, -0.2) is 6.04 Å². The summed E-state index contributed by atoms with van der Waals surface area (Å²) in [5.74, 6) is 0.599. The number of hydrogen-bond acceptors (Lipinski definition) is 1. The van der Waals surface area contributed by atoms with Crippen LogP contribution in [0.25, 0.3) is 0 Å². The fraction of sp³-hybridized carbons (Fsp3) is 0.625. The van der Waals surface area contributed by atoms with E-state index in [1.54, 1.807) is 12.1 Å². The second-order valence-electron chi connectivity index (χ2n) is 5.60. The van der Waals surface area contributed by atoms with Crippen molar-refractivity contribution in [1.29, 1.82) is 0 Å². The van der Waals surface area contributed by atoms with Crippen molar-refractivity contribution >= 4 is 0 Å². The molecule has 0 amide bonds. The van der Waals surface area contributed by atoms with E-state index in [1.165, 1.54) is 25.3 Å². The van der Waals surface area contributed by atoms with Crippen LogP contribution >= 0.6 is 0 Å². The Morgan fingerprint density at radius 2 is 1.85 bits per heavy atom. The highest BCUT2D eigenvalue weighted by molar-refractivity contribution is 5.29. The minimum atomic E-state index is -4.27. The van der Waals surface area contributed by atoms with Crippen molar-refractivity contribution in [2.75, 3.05) is 0 Å². The normalized spacial score (nSPS) is 23.8. The van der Waals surface area contributed by atoms with Crippen LogP contribution in [0.5, 0.6) is 0 Å². The van der Waals surface area contributed by atoms with Crippen LogP contribution in [0.4, 0.5) is 13.2 Å². The number of hydrogen-bond donors (Lipinski definition) is 1. The first-order valence-corrected chi connectivity index (χ1v) is 7.41. The highest BCUT2D eigenvalue weighted by atomic mass is 19.4. The third kappa shape index (κ3) is 3.75. The van der Waals surface area contributed by atoms with Crippen molar-refractivity contribution in [1.82, 2.24) is 5.32 Å². The molecule has 1 N–H and O–H groups in total. The Balaban J connectivity index is 2.03. The summed E-state index contributed by atoms with van der Waals surface area (Å²) >= 11 is 0. The molecule has 4 heteroatoms. The van der Waals surface area contributed by atoms with E-state index in [1.807, 2.05) is 0 Å². The molecule has 0 spiro atoms. The predicted octanol–water partition coefficient (Wildman–Crippen LogP) is 4.76. The van der Waals surface area contributed by atoms with E-state index >= 15 is 0 Å². The van der Waals surface area contributed by atoms with Gasteiger partial charge < -0.3 is 5.32 Å². The molecule has 1 aliphatic rings. The van der Waals surface area contributed by atoms with Crippen molar-refractivity contribution in [2.24, 2.45) is 5.92 Å².